The second-order valence-corrected chi connectivity index (χ2v) is 9.66. The summed E-state index contributed by atoms with van der Waals surface area (Å²) in [5.74, 6) is 0.0436. The Labute approximate surface area is 177 Å². The number of H-pyrrole nitrogens is 1. The molecular formula is C20H31N5O4S. The van der Waals surface area contributed by atoms with Crippen molar-refractivity contribution in [1.29, 1.82) is 0 Å². The average molecular weight is 438 g/mol. The number of rotatable bonds is 11. The summed E-state index contributed by atoms with van der Waals surface area (Å²) in [5, 5.41) is 0. The van der Waals surface area contributed by atoms with Crippen molar-refractivity contribution in [3.63, 3.8) is 0 Å². The van der Waals surface area contributed by atoms with Gasteiger partial charge in [0.15, 0.2) is 0 Å². The molecule has 10 heteroatoms. The summed E-state index contributed by atoms with van der Waals surface area (Å²) < 4.78 is 26.8. The third kappa shape index (κ3) is 5.96. The SMILES string of the molecule is CCCCn1c(N)c(N(CCCS(=O)(=O)N(C)C)Cc2ccccc2)c(=O)[nH]c1=O. The number of benzene rings is 1. The van der Waals surface area contributed by atoms with Crippen LogP contribution in [0.4, 0.5) is 11.5 Å². The van der Waals surface area contributed by atoms with Gasteiger partial charge in [0.2, 0.25) is 10.0 Å². The first kappa shape index (κ1) is 23.7. The molecule has 0 radical (unpaired) electrons. The Kier molecular flexibility index (Phi) is 8.24. The topological polar surface area (TPSA) is 121 Å². The van der Waals surface area contributed by atoms with Crippen LogP contribution in [-0.4, -0.2) is 48.7 Å². The third-order valence-electron chi connectivity index (χ3n) is 4.87. The van der Waals surface area contributed by atoms with E-state index in [4.69, 9.17) is 5.73 Å². The van der Waals surface area contributed by atoms with Crippen LogP contribution in [-0.2, 0) is 23.1 Å². The van der Waals surface area contributed by atoms with Crippen molar-refractivity contribution < 1.29 is 8.42 Å². The Morgan fingerprint density at radius 1 is 1.10 bits per heavy atom. The predicted octanol–water partition coefficient (Wildman–Crippen LogP) is 1.21. The maximum Gasteiger partial charge on any atom is 0.330 e. The largest absolute Gasteiger partial charge is 0.383 e. The van der Waals surface area contributed by atoms with Gasteiger partial charge in [0.1, 0.15) is 11.5 Å². The summed E-state index contributed by atoms with van der Waals surface area (Å²) in [5.41, 5.74) is 6.29. The number of anilines is 2. The third-order valence-corrected chi connectivity index (χ3v) is 6.79. The highest BCUT2D eigenvalue weighted by molar-refractivity contribution is 7.89. The van der Waals surface area contributed by atoms with E-state index in [-0.39, 0.29) is 17.3 Å². The number of nitrogens with two attached hydrogens (primary N) is 1. The van der Waals surface area contributed by atoms with Crippen LogP contribution < -0.4 is 21.9 Å². The zero-order valence-electron chi connectivity index (χ0n) is 17.8. The lowest BCUT2D eigenvalue weighted by Gasteiger charge is -2.26. The molecule has 0 fully saturated rings. The van der Waals surface area contributed by atoms with Gasteiger partial charge in [0.05, 0.1) is 5.75 Å². The molecule has 0 saturated carbocycles. The molecule has 1 heterocycles. The quantitative estimate of drug-likeness (QED) is 0.545. The number of nitrogens with one attached hydrogen (secondary N) is 1. The van der Waals surface area contributed by atoms with E-state index in [1.165, 1.54) is 23.0 Å². The van der Waals surface area contributed by atoms with E-state index in [9.17, 15) is 18.0 Å². The molecule has 0 unspecified atom stereocenters. The molecule has 0 aliphatic heterocycles. The number of unbranched alkanes of at least 4 members (excludes halogenated alkanes) is 1. The number of aromatic amines is 1. The van der Waals surface area contributed by atoms with Crippen LogP contribution in [0.15, 0.2) is 39.9 Å². The molecule has 9 nitrogen and oxygen atoms in total. The number of hydrogen-bond donors (Lipinski definition) is 2. The summed E-state index contributed by atoms with van der Waals surface area (Å²) in [6.45, 7) is 3.06. The number of nitrogens with zero attached hydrogens (tertiary/aromatic N) is 3. The minimum absolute atomic E-state index is 0.0570. The molecule has 0 aliphatic carbocycles. The van der Waals surface area contributed by atoms with Gasteiger partial charge in [-0.1, -0.05) is 43.7 Å². The van der Waals surface area contributed by atoms with Crippen molar-refractivity contribution in [2.45, 2.75) is 39.3 Å². The first-order valence-corrected chi connectivity index (χ1v) is 11.6. The van der Waals surface area contributed by atoms with Crippen molar-refractivity contribution in [2.24, 2.45) is 0 Å². The Bertz CT molecular complexity index is 1050. The fourth-order valence-corrected chi connectivity index (χ4v) is 3.97. The Morgan fingerprint density at radius 2 is 1.77 bits per heavy atom. The summed E-state index contributed by atoms with van der Waals surface area (Å²) >= 11 is 0. The predicted molar refractivity (Wildman–Crippen MR) is 120 cm³/mol. The van der Waals surface area contributed by atoms with Crippen LogP contribution in [0.5, 0.6) is 0 Å². The molecule has 0 spiro atoms. The summed E-state index contributed by atoms with van der Waals surface area (Å²) in [6, 6.07) is 9.51. The molecule has 1 aromatic heterocycles. The minimum atomic E-state index is -3.36. The van der Waals surface area contributed by atoms with Crippen molar-refractivity contribution in [2.75, 3.05) is 37.0 Å². The van der Waals surface area contributed by atoms with Gasteiger partial charge >= 0.3 is 5.69 Å². The van der Waals surface area contributed by atoms with Gasteiger partial charge in [-0.3, -0.25) is 14.3 Å². The lowest BCUT2D eigenvalue weighted by molar-refractivity contribution is 0.518. The highest BCUT2D eigenvalue weighted by Crippen LogP contribution is 2.20. The first-order chi connectivity index (χ1) is 14.2. The van der Waals surface area contributed by atoms with E-state index in [1.807, 2.05) is 37.3 Å². The Hall–Kier alpha value is -2.59. The second kappa shape index (κ2) is 10.4. The zero-order chi connectivity index (χ0) is 22.3. The monoisotopic (exact) mass is 437 g/mol. The van der Waals surface area contributed by atoms with Crippen LogP contribution in [0.3, 0.4) is 0 Å². The fraction of sp³-hybridized carbons (Fsp3) is 0.500. The van der Waals surface area contributed by atoms with Crippen LogP contribution in [0.25, 0.3) is 0 Å². The van der Waals surface area contributed by atoms with Gasteiger partial charge in [0.25, 0.3) is 5.56 Å². The van der Waals surface area contributed by atoms with E-state index in [2.05, 4.69) is 4.98 Å². The van der Waals surface area contributed by atoms with Crippen molar-refractivity contribution in [3.8, 4) is 0 Å². The molecule has 3 N–H and O–H groups in total. The normalized spacial score (nSPS) is 11.7. The van der Waals surface area contributed by atoms with E-state index < -0.39 is 21.3 Å². The average Bonchev–Trinajstić information content (AvgIpc) is 2.68. The zero-order valence-corrected chi connectivity index (χ0v) is 18.6. The maximum atomic E-state index is 12.7. The molecule has 0 bridgehead atoms. The molecule has 0 atom stereocenters. The fourth-order valence-electron chi connectivity index (χ4n) is 3.12. The molecular weight excluding hydrogens is 406 g/mol. The summed E-state index contributed by atoms with van der Waals surface area (Å²) in [7, 11) is -0.383. The highest BCUT2D eigenvalue weighted by Gasteiger charge is 2.21. The van der Waals surface area contributed by atoms with E-state index >= 15 is 0 Å². The van der Waals surface area contributed by atoms with Gasteiger partial charge in [-0.2, -0.15) is 0 Å². The maximum absolute atomic E-state index is 12.7. The molecule has 166 valence electrons. The molecule has 1 aromatic carbocycles. The lowest BCUT2D eigenvalue weighted by atomic mass is 10.2. The highest BCUT2D eigenvalue weighted by atomic mass is 32.2. The van der Waals surface area contributed by atoms with Gasteiger partial charge in [-0.15, -0.1) is 0 Å². The molecule has 2 aromatic rings. The second-order valence-electron chi connectivity index (χ2n) is 7.36. The Morgan fingerprint density at radius 3 is 2.37 bits per heavy atom. The first-order valence-electron chi connectivity index (χ1n) is 9.99. The number of nitrogen functional groups attached to an aromatic ring is 1. The van der Waals surface area contributed by atoms with Crippen molar-refractivity contribution in [1.82, 2.24) is 13.9 Å². The molecule has 30 heavy (non-hydrogen) atoms. The van der Waals surface area contributed by atoms with E-state index in [0.717, 1.165) is 18.4 Å². The summed E-state index contributed by atoms with van der Waals surface area (Å²) in [6.07, 6.45) is 1.92. The van der Waals surface area contributed by atoms with Gasteiger partial charge in [0, 0.05) is 33.7 Å². The Balaban J connectivity index is 2.41. The standard InChI is InChI=1S/C20H31N5O4S/c1-4-5-13-25-18(21)17(19(26)22-20(25)27)24(15-16-10-7-6-8-11-16)12-9-14-30(28,29)23(2)3/h6-8,10-11H,4-5,9,12-15,21H2,1-3H3,(H,22,26,27). The number of sulfonamides is 1. The van der Waals surface area contributed by atoms with E-state index in [1.54, 1.807) is 4.90 Å². The molecule has 0 amide bonds. The van der Waals surface area contributed by atoms with Crippen LogP contribution >= 0.6 is 0 Å². The lowest BCUT2D eigenvalue weighted by Crippen LogP contribution is -2.39. The molecule has 2 rings (SSSR count). The van der Waals surface area contributed by atoms with Gasteiger partial charge in [-0.25, -0.2) is 17.5 Å². The van der Waals surface area contributed by atoms with Crippen molar-refractivity contribution in [3.05, 3.63) is 56.7 Å². The van der Waals surface area contributed by atoms with Crippen LogP contribution in [0.1, 0.15) is 31.7 Å². The van der Waals surface area contributed by atoms with Gasteiger partial charge < -0.3 is 10.6 Å². The van der Waals surface area contributed by atoms with E-state index in [0.29, 0.717) is 26.1 Å². The summed E-state index contributed by atoms with van der Waals surface area (Å²) in [4.78, 5) is 29.0. The van der Waals surface area contributed by atoms with Crippen LogP contribution in [0.2, 0.25) is 0 Å². The van der Waals surface area contributed by atoms with Crippen molar-refractivity contribution >= 4 is 21.5 Å². The minimum Gasteiger partial charge on any atom is -0.383 e. The smallest absolute Gasteiger partial charge is 0.330 e. The molecule has 0 aliphatic rings. The number of hydrogen-bond acceptors (Lipinski definition) is 6. The molecule has 0 saturated heterocycles. The van der Waals surface area contributed by atoms with Crippen LogP contribution in [0, 0.1) is 0 Å². The number of aromatic nitrogens is 2. The van der Waals surface area contributed by atoms with Gasteiger partial charge in [-0.05, 0) is 18.4 Å².